The molecule has 0 saturated carbocycles. The summed E-state index contributed by atoms with van der Waals surface area (Å²) < 4.78 is 43.1. The van der Waals surface area contributed by atoms with Crippen molar-refractivity contribution in [3.05, 3.63) is 12.7 Å². The number of fused-ring (bicyclic) bond motifs is 1. The first-order valence-corrected chi connectivity index (χ1v) is 18.7. The number of methoxy groups -OCH3 is 1. The van der Waals surface area contributed by atoms with Crippen molar-refractivity contribution in [3.8, 4) is 0 Å². The molecule has 0 spiro atoms. The number of hydrogen-bond acceptors (Lipinski definition) is 10. The lowest BCUT2D eigenvalue weighted by atomic mass is 10.0. The molecule has 0 radical (unpaired) electrons. The standard InChI is InChI=1S/C32H60N5O6P/c1-4-6-7-8-9-10-11-12-13-14-15-16-17-18-19-20-21-40-22-23-43-44(38,42-5-2)28-41-29(25-39-3)24-37-27-36-30-31(33)34-26-35-32(30)37/h26-27,29H,4-25,28H2,1-3H3,(H2,33,34,35). The number of hydrogen-bond donors (Lipinski definition) is 1. The summed E-state index contributed by atoms with van der Waals surface area (Å²) in [6, 6.07) is 0. The number of nitrogens with two attached hydrogens (primary N) is 1. The van der Waals surface area contributed by atoms with E-state index in [0.717, 1.165) is 6.42 Å². The molecule has 0 aliphatic heterocycles. The molecular formula is C32H60N5O6P. The minimum absolute atomic E-state index is 0.177. The SMILES string of the molecule is CCCCCCCCCCCCCCCCCCOCCOP(=O)(COC(COC)Cn1cnc2c(N)ncnc21)OCC. The Balaban J connectivity index is 1.51. The Bertz CT molecular complexity index is 1030. The first kappa shape index (κ1) is 38.6. The van der Waals surface area contributed by atoms with Crippen LogP contribution in [0.4, 0.5) is 5.82 Å². The van der Waals surface area contributed by atoms with E-state index in [1.54, 1.807) is 24.9 Å². The molecule has 0 amide bonds. The van der Waals surface area contributed by atoms with E-state index in [-0.39, 0.29) is 26.2 Å². The van der Waals surface area contributed by atoms with Crippen LogP contribution in [0.25, 0.3) is 11.2 Å². The summed E-state index contributed by atoms with van der Waals surface area (Å²) in [5, 5.41) is 0. The highest BCUT2D eigenvalue weighted by Gasteiger charge is 2.27. The Kier molecular flexibility index (Phi) is 21.6. The summed E-state index contributed by atoms with van der Waals surface area (Å²) in [7, 11) is -1.88. The van der Waals surface area contributed by atoms with E-state index in [2.05, 4.69) is 21.9 Å². The van der Waals surface area contributed by atoms with Crippen LogP contribution in [0.15, 0.2) is 12.7 Å². The maximum Gasteiger partial charge on any atom is 0.356 e. The number of unbranched alkanes of at least 4 members (excludes halogenated alkanes) is 15. The number of anilines is 1. The number of imidazole rings is 1. The minimum atomic E-state index is -3.46. The van der Waals surface area contributed by atoms with Crippen LogP contribution in [-0.2, 0) is 34.4 Å². The van der Waals surface area contributed by atoms with Crippen LogP contribution < -0.4 is 5.73 Å². The van der Waals surface area contributed by atoms with Gasteiger partial charge in [0.05, 0.1) is 45.4 Å². The van der Waals surface area contributed by atoms with Crippen LogP contribution in [0.5, 0.6) is 0 Å². The van der Waals surface area contributed by atoms with Gasteiger partial charge in [0.15, 0.2) is 11.5 Å². The Hall–Kier alpha value is -1.62. The maximum absolute atomic E-state index is 13.3. The molecule has 254 valence electrons. The first-order chi connectivity index (χ1) is 21.5. The van der Waals surface area contributed by atoms with E-state index < -0.39 is 13.7 Å². The van der Waals surface area contributed by atoms with Crippen LogP contribution in [0, 0.1) is 0 Å². The van der Waals surface area contributed by atoms with Gasteiger partial charge in [0.2, 0.25) is 0 Å². The number of rotatable bonds is 30. The molecule has 2 heterocycles. The van der Waals surface area contributed by atoms with Gasteiger partial charge in [-0.2, -0.15) is 0 Å². The average molecular weight is 642 g/mol. The highest BCUT2D eigenvalue weighted by atomic mass is 31.2. The normalized spacial score (nSPS) is 13.9. The van der Waals surface area contributed by atoms with E-state index in [1.165, 1.54) is 103 Å². The molecule has 0 fully saturated rings. The Morgan fingerprint density at radius 3 is 2.00 bits per heavy atom. The van der Waals surface area contributed by atoms with Crippen LogP contribution in [0.3, 0.4) is 0 Å². The van der Waals surface area contributed by atoms with Gasteiger partial charge in [-0.05, 0) is 13.3 Å². The molecule has 2 aromatic rings. The number of ether oxygens (including phenoxy) is 3. The molecule has 12 heteroatoms. The third kappa shape index (κ3) is 16.6. The minimum Gasteiger partial charge on any atom is -0.382 e. The lowest BCUT2D eigenvalue weighted by molar-refractivity contribution is -0.000766. The van der Waals surface area contributed by atoms with E-state index >= 15 is 0 Å². The van der Waals surface area contributed by atoms with Crippen LogP contribution in [0.2, 0.25) is 0 Å². The van der Waals surface area contributed by atoms with E-state index in [4.69, 9.17) is 29.0 Å². The monoisotopic (exact) mass is 641 g/mol. The summed E-state index contributed by atoms with van der Waals surface area (Å²) in [4.78, 5) is 12.5. The second kappa shape index (κ2) is 24.6. The summed E-state index contributed by atoms with van der Waals surface area (Å²) >= 11 is 0. The highest BCUT2D eigenvalue weighted by molar-refractivity contribution is 7.53. The Morgan fingerprint density at radius 1 is 0.795 bits per heavy atom. The van der Waals surface area contributed by atoms with Gasteiger partial charge in [-0.3, -0.25) is 4.57 Å². The van der Waals surface area contributed by atoms with Crippen LogP contribution in [0.1, 0.15) is 117 Å². The predicted molar refractivity (Wildman–Crippen MR) is 177 cm³/mol. The first-order valence-electron chi connectivity index (χ1n) is 17.0. The Labute approximate surface area is 265 Å². The van der Waals surface area contributed by atoms with Crippen molar-refractivity contribution in [2.24, 2.45) is 0 Å². The second-order valence-corrected chi connectivity index (χ2v) is 13.5. The number of nitrogen functional groups attached to an aromatic ring is 1. The fraction of sp³-hybridized carbons (Fsp3) is 0.844. The van der Waals surface area contributed by atoms with Crippen molar-refractivity contribution in [2.45, 2.75) is 129 Å². The van der Waals surface area contributed by atoms with Gasteiger partial charge in [0.1, 0.15) is 18.2 Å². The third-order valence-electron chi connectivity index (χ3n) is 7.63. The lowest BCUT2D eigenvalue weighted by Crippen LogP contribution is -2.26. The molecule has 2 aromatic heterocycles. The molecule has 0 aliphatic rings. The van der Waals surface area contributed by atoms with Crippen molar-refractivity contribution >= 4 is 24.6 Å². The number of aromatic nitrogens is 4. The molecule has 0 aromatic carbocycles. The summed E-state index contributed by atoms with van der Waals surface area (Å²) in [5.74, 6) is 0.309. The topological polar surface area (TPSA) is 133 Å². The van der Waals surface area contributed by atoms with E-state index in [1.807, 2.05) is 0 Å². The maximum atomic E-state index is 13.3. The van der Waals surface area contributed by atoms with Gasteiger partial charge >= 0.3 is 7.60 Å². The van der Waals surface area contributed by atoms with Gasteiger partial charge in [0, 0.05) is 13.7 Å². The molecule has 44 heavy (non-hydrogen) atoms. The second-order valence-electron chi connectivity index (χ2n) is 11.5. The fourth-order valence-electron chi connectivity index (χ4n) is 5.19. The molecule has 2 atom stereocenters. The van der Waals surface area contributed by atoms with Crippen molar-refractivity contribution < 1.29 is 27.8 Å². The van der Waals surface area contributed by atoms with Crippen LogP contribution >= 0.6 is 7.60 Å². The van der Waals surface area contributed by atoms with Crippen molar-refractivity contribution in [1.82, 2.24) is 19.5 Å². The molecule has 0 bridgehead atoms. The fourth-order valence-corrected chi connectivity index (χ4v) is 6.55. The van der Waals surface area contributed by atoms with Gasteiger partial charge in [-0.15, -0.1) is 0 Å². The molecule has 2 rings (SSSR count). The van der Waals surface area contributed by atoms with Crippen LogP contribution in [-0.4, -0.2) is 72.1 Å². The summed E-state index contributed by atoms with van der Waals surface area (Å²) in [5.41, 5.74) is 7.00. The van der Waals surface area contributed by atoms with Crippen molar-refractivity contribution in [2.75, 3.05) is 52.2 Å². The molecule has 2 unspecified atom stereocenters. The van der Waals surface area contributed by atoms with Gasteiger partial charge in [-0.1, -0.05) is 103 Å². The molecular weight excluding hydrogens is 581 g/mol. The largest absolute Gasteiger partial charge is 0.382 e. The number of nitrogens with zero attached hydrogens (tertiary/aromatic N) is 4. The zero-order valence-corrected chi connectivity index (χ0v) is 28.7. The smallest absolute Gasteiger partial charge is 0.356 e. The highest BCUT2D eigenvalue weighted by Crippen LogP contribution is 2.48. The zero-order chi connectivity index (χ0) is 31.7. The van der Waals surface area contributed by atoms with Gasteiger partial charge < -0.3 is 33.6 Å². The van der Waals surface area contributed by atoms with Gasteiger partial charge in [0.25, 0.3) is 0 Å². The predicted octanol–water partition coefficient (Wildman–Crippen LogP) is 7.92. The summed E-state index contributed by atoms with van der Waals surface area (Å²) in [6.45, 7) is 6.16. The lowest BCUT2D eigenvalue weighted by Gasteiger charge is -2.22. The third-order valence-corrected chi connectivity index (χ3v) is 9.33. The zero-order valence-electron chi connectivity index (χ0n) is 27.8. The Morgan fingerprint density at radius 2 is 1.41 bits per heavy atom. The molecule has 11 nitrogen and oxygen atoms in total. The summed E-state index contributed by atoms with van der Waals surface area (Å²) in [6.07, 6.45) is 23.9. The molecule has 0 saturated heterocycles. The van der Waals surface area contributed by atoms with Gasteiger partial charge in [-0.25, -0.2) is 15.0 Å². The molecule has 0 aliphatic carbocycles. The quantitative estimate of drug-likeness (QED) is 0.0662. The molecule has 2 N–H and O–H groups in total. The average Bonchev–Trinajstić information content (AvgIpc) is 3.43. The van der Waals surface area contributed by atoms with Crippen molar-refractivity contribution in [1.29, 1.82) is 0 Å². The van der Waals surface area contributed by atoms with E-state index in [0.29, 0.717) is 36.7 Å². The van der Waals surface area contributed by atoms with E-state index in [9.17, 15) is 4.57 Å². The van der Waals surface area contributed by atoms with Crippen molar-refractivity contribution in [3.63, 3.8) is 0 Å².